The molecule has 1 fully saturated rings. The first kappa shape index (κ1) is 21.9. The molecule has 1 aliphatic rings. The molecule has 0 unspecified atom stereocenters. The second kappa shape index (κ2) is 9.04. The van der Waals surface area contributed by atoms with E-state index < -0.39 is 15.4 Å². The maximum absolute atomic E-state index is 12.8. The van der Waals surface area contributed by atoms with E-state index in [1.807, 2.05) is 49.4 Å². The maximum Gasteiger partial charge on any atom is 0.261 e. The van der Waals surface area contributed by atoms with Crippen LogP contribution >= 0.6 is 0 Å². The van der Waals surface area contributed by atoms with Crippen molar-refractivity contribution in [2.75, 3.05) is 11.3 Å². The van der Waals surface area contributed by atoms with E-state index in [0.29, 0.717) is 24.6 Å². The Kier molecular flexibility index (Phi) is 6.19. The Morgan fingerprint density at radius 3 is 2.19 bits per heavy atom. The molecule has 7 heteroatoms. The maximum atomic E-state index is 12.8. The standard InChI is InChI=1S/C25H26N2O4S/c1-2-31-22-12-14-23(15-13-22)32(29,30)27-21-10-8-20(9-11-21)25(16-17-25)24(28)26-18-19-6-4-3-5-7-19/h3-15,27H,2,16-18H2,1H3,(H,26,28). The first-order chi connectivity index (χ1) is 15.4. The van der Waals surface area contributed by atoms with E-state index in [1.54, 1.807) is 24.3 Å². The van der Waals surface area contributed by atoms with E-state index in [1.165, 1.54) is 12.1 Å². The number of rotatable bonds is 9. The highest BCUT2D eigenvalue weighted by Gasteiger charge is 2.51. The summed E-state index contributed by atoms with van der Waals surface area (Å²) >= 11 is 0. The zero-order valence-corrected chi connectivity index (χ0v) is 18.7. The topological polar surface area (TPSA) is 84.5 Å². The summed E-state index contributed by atoms with van der Waals surface area (Å²) in [5, 5.41) is 3.03. The van der Waals surface area contributed by atoms with Crippen LogP contribution in [0.15, 0.2) is 83.8 Å². The van der Waals surface area contributed by atoms with E-state index in [9.17, 15) is 13.2 Å². The molecule has 0 spiro atoms. The van der Waals surface area contributed by atoms with Crippen LogP contribution in [-0.2, 0) is 26.8 Å². The third kappa shape index (κ3) is 4.78. The van der Waals surface area contributed by atoms with Gasteiger partial charge in [0.1, 0.15) is 5.75 Å². The lowest BCUT2D eigenvalue weighted by Crippen LogP contribution is -2.34. The van der Waals surface area contributed by atoms with Crippen LogP contribution in [0.25, 0.3) is 0 Å². The Morgan fingerprint density at radius 2 is 1.59 bits per heavy atom. The predicted octanol–water partition coefficient (Wildman–Crippen LogP) is 4.23. The molecule has 2 N–H and O–H groups in total. The van der Waals surface area contributed by atoms with Gasteiger partial charge < -0.3 is 10.1 Å². The Balaban J connectivity index is 1.41. The average Bonchev–Trinajstić information content (AvgIpc) is 3.61. The number of carbonyl (C=O) groups excluding carboxylic acids is 1. The number of hydrogen-bond donors (Lipinski definition) is 2. The average molecular weight is 451 g/mol. The number of benzene rings is 3. The van der Waals surface area contributed by atoms with Crippen molar-refractivity contribution < 1.29 is 17.9 Å². The molecular formula is C25H26N2O4S. The molecule has 0 heterocycles. The number of anilines is 1. The summed E-state index contributed by atoms with van der Waals surface area (Å²) in [7, 11) is -3.72. The third-order valence-electron chi connectivity index (χ3n) is 5.62. The minimum Gasteiger partial charge on any atom is -0.494 e. The van der Waals surface area contributed by atoms with Gasteiger partial charge in [0.15, 0.2) is 0 Å². The first-order valence-corrected chi connectivity index (χ1v) is 12.1. The molecule has 3 aromatic rings. The van der Waals surface area contributed by atoms with E-state index in [2.05, 4.69) is 10.0 Å². The fourth-order valence-corrected chi connectivity index (χ4v) is 4.73. The van der Waals surface area contributed by atoms with Crippen molar-refractivity contribution in [2.45, 2.75) is 36.6 Å². The third-order valence-corrected chi connectivity index (χ3v) is 7.01. The second-order valence-corrected chi connectivity index (χ2v) is 9.52. The summed E-state index contributed by atoms with van der Waals surface area (Å²) in [5.74, 6) is 0.625. The largest absolute Gasteiger partial charge is 0.494 e. The first-order valence-electron chi connectivity index (χ1n) is 10.6. The van der Waals surface area contributed by atoms with Gasteiger partial charge in [-0.2, -0.15) is 0 Å². The van der Waals surface area contributed by atoms with Crippen molar-refractivity contribution in [1.29, 1.82) is 0 Å². The number of nitrogens with one attached hydrogen (secondary N) is 2. The van der Waals surface area contributed by atoms with Crippen molar-refractivity contribution in [2.24, 2.45) is 0 Å². The van der Waals surface area contributed by atoms with Gasteiger partial charge in [-0.1, -0.05) is 42.5 Å². The van der Waals surface area contributed by atoms with Crippen molar-refractivity contribution >= 4 is 21.6 Å². The Morgan fingerprint density at radius 1 is 0.938 bits per heavy atom. The highest BCUT2D eigenvalue weighted by Crippen LogP contribution is 2.48. The minimum absolute atomic E-state index is 0.00377. The lowest BCUT2D eigenvalue weighted by Gasteiger charge is -2.17. The molecule has 6 nitrogen and oxygen atoms in total. The molecule has 32 heavy (non-hydrogen) atoms. The van der Waals surface area contributed by atoms with Crippen LogP contribution in [0.4, 0.5) is 5.69 Å². The number of hydrogen-bond acceptors (Lipinski definition) is 4. The quantitative estimate of drug-likeness (QED) is 0.511. The zero-order valence-electron chi connectivity index (χ0n) is 17.9. The molecule has 0 saturated heterocycles. The van der Waals surface area contributed by atoms with Gasteiger partial charge in [-0.15, -0.1) is 0 Å². The molecule has 0 aromatic heterocycles. The van der Waals surface area contributed by atoms with E-state index in [0.717, 1.165) is 24.0 Å². The summed E-state index contributed by atoms with van der Waals surface area (Å²) < 4.78 is 33.3. The molecule has 4 rings (SSSR count). The number of ether oxygens (including phenoxy) is 1. The fourth-order valence-electron chi connectivity index (χ4n) is 3.67. The van der Waals surface area contributed by atoms with Crippen LogP contribution in [0, 0.1) is 0 Å². The lowest BCUT2D eigenvalue weighted by atomic mass is 9.94. The van der Waals surface area contributed by atoms with Crippen LogP contribution in [0.3, 0.4) is 0 Å². The predicted molar refractivity (Wildman–Crippen MR) is 124 cm³/mol. The Bertz CT molecular complexity index is 1170. The number of carbonyl (C=O) groups is 1. The minimum atomic E-state index is -3.72. The SMILES string of the molecule is CCOc1ccc(S(=O)(=O)Nc2ccc(C3(C(=O)NCc4ccccc4)CC3)cc2)cc1. The Labute approximate surface area is 188 Å². The Hall–Kier alpha value is -3.32. The van der Waals surface area contributed by atoms with Gasteiger partial charge in [0, 0.05) is 12.2 Å². The zero-order chi connectivity index (χ0) is 22.6. The van der Waals surface area contributed by atoms with E-state index in [4.69, 9.17) is 4.74 Å². The summed E-state index contributed by atoms with van der Waals surface area (Å²) in [6.07, 6.45) is 1.57. The van der Waals surface area contributed by atoms with Gasteiger partial charge in [0.05, 0.1) is 16.9 Å². The van der Waals surface area contributed by atoms with Gasteiger partial charge in [-0.05, 0) is 67.3 Å². The van der Waals surface area contributed by atoms with Gasteiger partial charge >= 0.3 is 0 Å². The fraction of sp³-hybridized carbons (Fsp3) is 0.240. The molecule has 0 aliphatic heterocycles. The van der Waals surface area contributed by atoms with Gasteiger partial charge in [-0.25, -0.2) is 8.42 Å². The van der Waals surface area contributed by atoms with Crippen LogP contribution in [0.5, 0.6) is 5.75 Å². The molecule has 0 atom stereocenters. The summed E-state index contributed by atoms with van der Waals surface area (Å²) in [4.78, 5) is 13.0. The van der Waals surface area contributed by atoms with Crippen LogP contribution in [0.1, 0.15) is 30.9 Å². The monoisotopic (exact) mass is 450 g/mol. The van der Waals surface area contributed by atoms with Crippen molar-refractivity contribution in [1.82, 2.24) is 5.32 Å². The molecule has 1 saturated carbocycles. The molecule has 1 aliphatic carbocycles. The lowest BCUT2D eigenvalue weighted by molar-refractivity contribution is -0.123. The smallest absolute Gasteiger partial charge is 0.261 e. The molecule has 1 amide bonds. The highest BCUT2D eigenvalue weighted by atomic mass is 32.2. The van der Waals surface area contributed by atoms with E-state index in [-0.39, 0.29) is 10.8 Å². The second-order valence-electron chi connectivity index (χ2n) is 7.84. The highest BCUT2D eigenvalue weighted by molar-refractivity contribution is 7.92. The van der Waals surface area contributed by atoms with E-state index >= 15 is 0 Å². The summed E-state index contributed by atoms with van der Waals surface area (Å²) in [6, 6.07) is 23.1. The van der Waals surface area contributed by atoms with Crippen LogP contribution in [-0.4, -0.2) is 20.9 Å². The molecule has 0 radical (unpaired) electrons. The van der Waals surface area contributed by atoms with Crippen molar-refractivity contribution in [3.63, 3.8) is 0 Å². The number of amides is 1. The summed E-state index contributed by atoms with van der Waals surface area (Å²) in [5.41, 5.74) is 1.87. The summed E-state index contributed by atoms with van der Waals surface area (Å²) in [6.45, 7) is 2.87. The van der Waals surface area contributed by atoms with Crippen molar-refractivity contribution in [3.05, 3.63) is 90.0 Å². The van der Waals surface area contributed by atoms with Crippen LogP contribution < -0.4 is 14.8 Å². The normalized spacial score (nSPS) is 14.4. The van der Waals surface area contributed by atoms with Gasteiger partial charge in [0.25, 0.3) is 10.0 Å². The molecule has 3 aromatic carbocycles. The molecule has 166 valence electrons. The van der Waals surface area contributed by atoms with Crippen LogP contribution in [0.2, 0.25) is 0 Å². The number of sulfonamides is 1. The molecule has 0 bridgehead atoms. The van der Waals surface area contributed by atoms with Crippen molar-refractivity contribution in [3.8, 4) is 5.75 Å². The van der Waals surface area contributed by atoms with Gasteiger partial charge in [-0.3, -0.25) is 9.52 Å². The molecular weight excluding hydrogens is 424 g/mol. The van der Waals surface area contributed by atoms with Gasteiger partial charge in [0.2, 0.25) is 5.91 Å².